The van der Waals surface area contributed by atoms with Crippen molar-refractivity contribution in [2.45, 2.75) is 26.3 Å². The van der Waals surface area contributed by atoms with Crippen LogP contribution in [0.15, 0.2) is 60.7 Å². The van der Waals surface area contributed by atoms with E-state index in [1.807, 2.05) is 20.8 Å². The first-order valence-electron chi connectivity index (χ1n) is 8.36. The monoisotopic (exact) mass is 365 g/mol. The van der Waals surface area contributed by atoms with E-state index >= 15 is 0 Å². The first-order chi connectivity index (χ1) is 12.9. The van der Waals surface area contributed by atoms with Gasteiger partial charge in [0.2, 0.25) is 0 Å². The third kappa shape index (κ3) is 4.20. The predicted molar refractivity (Wildman–Crippen MR) is 97.8 cm³/mol. The highest BCUT2D eigenvalue weighted by Crippen LogP contribution is 2.28. The summed E-state index contributed by atoms with van der Waals surface area (Å²) in [6.45, 7) is 5.57. The van der Waals surface area contributed by atoms with E-state index < -0.39 is 17.5 Å². The Kier molecular flexibility index (Phi) is 5.03. The Labute approximate surface area is 156 Å². The average Bonchev–Trinajstić information content (AvgIpc) is 3.05. The van der Waals surface area contributed by atoms with Gasteiger partial charge in [0.1, 0.15) is 0 Å². The van der Waals surface area contributed by atoms with Crippen LogP contribution in [0.1, 0.15) is 41.5 Å². The van der Waals surface area contributed by atoms with Gasteiger partial charge in [0.25, 0.3) is 0 Å². The van der Waals surface area contributed by atoms with Gasteiger partial charge < -0.3 is 9.47 Å². The molecule has 7 heteroatoms. The van der Waals surface area contributed by atoms with Crippen LogP contribution in [0.25, 0.3) is 0 Å². The zero-order valence-electron chi connectivity index (χ0n) is 15.2. The van der Waals surface area contributed by atoms with Crippen molar-refractivity contribution in [2.75, 3.05) is 0 Å². The van der Waals surface area contributed by atoms with Crippen molar-refractivity contribution < 1.29 is 19.1 Å². The molecule has 1 aromatic heterocycles. The Morgan fingerprint density at radius 1 is 0.741 bits per heavy atom. The summed E-state index contributed by atoms with van der Waals surface area (Å²) < 4.78 is 12.2. The lowest BCUT2D eigenvalue weighted by Crippen LogP contribution is -2.26. The standard InChI is InChI=1S/C20H19N3O4/c1-20(2,3)23-18(26-16(24)14-10-6-4-7-11-14)21-22-19(23)27-17(25)15-12-8-5-9-13-15/h4-13H,1-3H3. The summed E-state index contributed by atoms with van der Waals surface area (Å²) in [7, 11) is 0. The molecule has 0 aliphatic carbocycles. The molecule has 0 amide bonds. The molecule has 2 aromatic carbocycles. The number of esters is 2. The fraction of sp³-hybridized carbons (Fsp3) is 0.200. The minimum absolute atomic E-state index is 0.0489. The molecule has 0 bridgehead atoms. The predicted octanol–water partition coefficient (Wildman–Crippen LogP) is 3.47. The highest BCUT2D eigenvalue weighted by Gasteiger charge is 2.28. The fourth-order valence-corrected chi connectivity index (χ4v) is 2.39. The summed E-state index contributed by atoms with van der Waals surface area (Å²) in [6, 6.07) is 17.0. The quantitative estimate of drug-likeness (QED) is 0.658. The van der Waals surface area contributed by atoms with Crippen molar-refractivity contribution in [3.8, 4) is 12.0 Å². The van der Waals surface area contributed by atoms with Gasteiger partial charge in [0.05, 0.1) is 11.1 Å². The third-order valence-corrected chi connectivity index (χ3v) is 3.66. The second-order valence-electron chi connectivity index (χ2n) is 6.78. The molecule has 0 aliphatic rings. The number of nitrogens with zero attached hydrogens (tertiary/aromatic N) is 3. The molecule has 138 valence electrons. The van der Waals surface area contributed by atoms with E-state index in [1.165, 1.54) is 4.57 Å². The summed E-state index contributed by atoms with van der Waals surface area (Å²) >= 11 is 0. The Morgan fingerprint density at radius 3 is 1.44 bits per heavy atom. The van der Waals surface area contributed by atoms with Gasteiger partial charge in [-0.15, -0.1) is 0 Å². The summed E-state index contributed by atoms with van der Waals surface area (Å²) in [5, 5.41) is 7.77. The molecule has 0 N–H and O–H groups in total. The van der Waals surface area contributed by atoms with Crippen LogP contribution in [0, 0.1) is 0 Å². The van der Waals surface area contributed by atoms with Crippen LogP contribution < -0.4 is 9.47 Å². The lowest BCUT2D eigenvalue weighted by atomic mass is 10.1. The van der Waals surface area contributed by atoms with Crippen molar-refractivity contribution in [3.63, 3.8) is 0 Å². The van der Waals surface area contributed by atoms with E-state index in [1.54, 1.807) is 60.7 Å². The molecule has 0 radical (unpaired) electrons. The van der Waals surface area contributed by atoms with Crippen LogP contribution >= 0.6 is 0 Å². The van der Waals surface area contributed by atoms with Crippen molar-refractivity contribution in [3.05, 3.63) is 71.8 Å². The van der Waals surface area contributed by atoms with Gasteiger partial charge in [-0.05, 0) is 45.0 Å². The molecule has 7 nitrogen and oxygen atoms in total. The maximum Gasteiger partial charge on any atom is 0.345 e. The van der Waals surface area contributed by atoms with Crippen LogP contribution in [0.5, 0.6) is 12.0 Å². The maximum absolute atomic E-state index is 12.3. The number of carbonyl (C=O) groups is 2. The normalized spacial score (nSPS) is 11.1. The molecule has 3 aromatic rings. The zero-order chi connectivity index (χ0) is 19.4. The molecular formula is C20H19N3O4. The smallest absolute Gasteiger partial charge is 0.345 e. The lowest BCUT2D eigenvalue weighted by Gasteiger charge is -2.23. The van der Waals surface area contributed by atoms with E-state index in [0.717, 1.165) is 0 Å². The molecular weight excluding hydrogens is 346 g/mol. The number of carbonyl (C=O) groups excluding carboxylic acids is 2. The molecule has 0 unspecified atom stereocenters. The summed E-state index contributed by atoms with van der Waals surface area (Å²) in [5.41, 5.74) is 0.162. The Balaban J connectivity index is 1.88. The van der Waals surface area contributed by atoms with Gasteiger partial charge in [-0.25, -0.2) is 14.2 Å². The number of hydrogen-bond donors (Lipinski definition) is 0. The van der Waals surface area contributed by atoms with Gasteiger partial charge >= 0.3 is 24.0 Å². The third-order valence-electron chi connectivity index (χ3n) is 3.66. The van der Waals surface area contributed by atoms with Crippen molar-refractivity contribution in [1.29, 1.82) is 0 Å². The Bertz CT molecular complexity index is 873. The number of hydrogen-bond acceptors (Lipinski definition) is 6. The molecule has 0 spiro atoms. The van der Waals surface area contributed by atoms with Gasteiger partial charge in [-0.3, -0.25) is 0 Å². The molecule has 3 rings (SSSR count). The van der Waals surface area contributed by atoms with Crippen LogP contribution in [-0.4, -0.2) is 26.7 Å². The van der Waals surface area contributed by atoms with Crippen LogP contribution in [0.3, 0.4) is 0 Å². The second-order valence-corrected chi connectivity index (χ2v) is 6.78. The van der Waals surface area contributed by atoms with Crippen molar-refractivity contribution in [1.82, 2.24) is 14.8 Å². The summed E-state index contributed by atoms with van der Waals surface area (Å²) in [5.74, 6) is -1.15. The van der Waals surface area contributed by atoms with Crippen LogP contribution in [0.4, 0.5) is 0 Å². The number of rotatable bonds is 4. The molecule has 27 heavy (non-hydrogen) atoms. The van der Waals surface area contributed by atoms with Gasteiger partial charge in [0.15, 0.2) is 0 Å². The second kappa shape index (κ2) is 7.41. The van der Waals surface area contributed by atoms with Gasteiger partial charge in [0, 0.05) is 5.54 Å². The van der Waals surface area contributed by atoms with E-state index in [4.69, 9.17) is 9.47 Å². The van der Waals surface area contributed by atoms with Gasteiger partial charge in [-0.1, -0.05) is 46.6 Å². The molecule has 0 fully saturated rings. The highest BCUT2D eigenvalue weighted by molar-refractivity contribution is 5.91. The minimum atomic E-state index is -0.595. The Hall–Kier alpha value is -3.48. The van der Waals surface area contributed by atoms with E-state index in [-0.39, 0.29) is 12.0 Å². The topological polar surface area (TPSA) is 83.3 Å². The molecule has 0 saturated heterocycles. The lowest BCUT2D eigenvalue weighted by molar-refractivity contribution is 0.0685. The molecule has 0 saturated carbocycles. The minimum Gasteiger partial charge on any atom is -0.387 e. The van der Waals surface area contributed by atoms with Gasteiger partial charge in [-0.2, -0.15) is 0 Å². The first-order valence-corrected chi connectivity index (χ1v) is 8.36. The summed E-state index contributed by atoms with van der Waals surface area (Å²) in [6.07, 6.45) is 0. The van der Waals surface area contributed by atoms with E-state index in [9.17, 15) is 9.59 Å². The van der Waals surface area contributed by atoms with E-state index in [2.05, 4.69) is 10.2 Å². The zero-order valence-corrected chi connectivity index (χ0v) is 15.2. The van der Waals surface area contributed by atoms with Crippen LogP contribution in [-0.2, 0) is 5.54 Å². The largest absolute Gasteiger partial charge is 0.387 e. The maximum atomic E-state index is 12.3. The molecule has 0 atom stereocenters. The number of ether oxygens (including phenoxy) is 2. The first kappa shape index (κ1) is 18.3. The highest BCUT2D eigenvalue weighted by atomic mass is 16.6. The van der Waals surface area contributed by atoms with Crippen molar-refractivity contribution >= 4 is 11.9 Å². The SMILES string of the molecule is CC(C)(C)n1c(OC(=O)c2ccccc2)nnc1OC(=O)c1ccccc1. The fourth-order valence-electron chi connectivity index (χ4n) is 2.39. The number of aromatic nitrogens is 3. The van der Waals surface area contributed by atoms with Crippen LogP contribution in [0.2, 0.25) is 0 Å². The van der Waals surface area contributed by atoms with Crippen molar-refractivity contribution in [2.24, 2.45) is 0 Å². The van der Waals surface area contributed by atoms with E-state index in [0.29, 0.717) is 11.1 Å². The Morgan fingerprint density at radius 2 is 1.11 bits per heavy atom. The average molecular weight is 365 g/mol. The molecule has 1 heterocycles. The molecule has 0 aliphatic heterocycles. The number of benzene rings is 2. The summed E-state index contributed by atoms with van der Waals surface area (Å²) in [4.78, 5) is 24.7.